The van der Waals surface area contributed by atoms with Crippen LogP contribution in [0.2, 0.25) is 0 Å². The molecule has 2 fully saturated rings. The number of fused-ring (bicyclic) bond motifs is 2. The average Bonchev–Trinajstić information content (AvgIpc) is 2.91. The van der Waals surface area contributed by atoms with Crippen LogP contribution in [0.3, 0.4) is 0 Å². The molecule has 3 rings (SSSR count). The Morgan fingerprint density at radius 2 is 2.18 bits per heavy atom. The van der Waals surface area contributed by atoms with E-state index in [0.29, 0.717) is 17.7 Å². The Bertz CT molecular complexity index is 494. The van der Waals surface area contributed by atoms with E-state index in [4.69, 9.17) is 0 Å². The van der Waals surface area contributed by atoms with Gasteiger partial charge < -0.3 is 10.3 Å². The number of pyridine rings is 1. The van der Waals surface area contributed by atoms with Crippen molar-refractivity contribution in [1.29, 1.82) is 0 Å². The van der Waals surface area contributed by atoms with Gasteiger partial charge in [-0.25, -0.2) is 0 Å². The van der Waals surface area contributed by atoms with Gasteiger partial charge in [0.2, 0.25) is 5.56 Å². The van der Waals surface area contributed by atoms with Crippen molar-refractivity contribution >= 4 is 5.91 Å². The smallest absolute Gasteiger partial charge is 0.268 e. The van der Waals surface area contributed by atoms with E-state index in [2.05, 4.69) is 10.3 Å². The lowest BCUT2D eigenvalue weighted by atomic mass is 9.95. The molecule has 0 aliphatic heterocycles. The van der Waals surface area contributed by atoms with E-state index in [0.717, 1.165) is 12.3 Å². The van der Waals surface area contributed by atoms with Gasteiger partial charge in [0.1, 0.15) is 5.69 Å². The van der Waals surface area contributed by atoms with Gasteiger partial charge in [0.15, 0.2) is 0 Å². The molecule has 1 amide bonds. The normalized spacial score (nSPS) is 30.5. The van der Waals surface area contributed by atoms with Crippen LogP contribution in [0.4, 0.5) is 0 Å². The van der Waals surface area contributed by atoms with Crippen LogP contribution in [0.5, 0.6) is 0 Å². The molecule has 3 unspecified atom stereocenters. The largest absolute Gasteiger partial charge is 0.348 e. The molecular weight excluding hydrogens is 216 g/mol. The van der Waals surface area contributed by atoms with Crippen LogP contribution >= 0.6 is 0 Å². The predicted molar refractivity (Wildman–Crippen MR) is 63.8 cm³/mol. The van der Waals surface area contributed by atoms with Crippen LogP contribution in [-0.2, 0) is 0 Å². The first-order valence-corrected chi connectivity index (χ1v) is 6.22. The Morgan fingerprint density at radius 3 is 2.82 bits per heavy atom. The molecule has 0 radical (unpaired) electrons. The highest BCUT2D eigenvalue weighted by atomic mass is 16.2. The fourth-order valence-electron chi connectivity index (χ4n) is 3.25. The molecule has 0 aromatic carbocycles. The minimum Gasteiger partial charge on any atom is -0.348 e. The highest BCUT2D eigenvalue weighted by molar-refractivity contribution is 5.92. The van der Waals surface area contributed by atoms with Crippen molar-refractivity contribution in [2.45, 2.75) is 31.7 Å². The Labute approximate surface area is 99.4 Å². The maximum absolute atomic E-state index is 11.9. The molecule has 2 saturated carbocycles. The third kappa shape index (κ3) is 1.99. The monoisotopic (exact) mass is 232 g/mol. The van der Waals surface area contributed by atoms with Crippen LogP contribution < -0.4 is 10.9 Å². The molecule has 1 heterocycles. The number of aromatic nitrogens is 1. The van der Waals surface area contributed by atoms with Crippen molar-refractivity contribution in [2.75, 3.05) is 0 Å². The van der Waals surface area contributed by atoms with Crippen LogP contribution in [0.25, 0.3) is 0 Å². The number of carbonyl (C=O) groups is 1. The average molecular weight is 232 g/mol. The fourth-order valence-corrected chi connectivity index (χ4v) is 3.25. The molecule has 0 spiro atoms. The Morgan fingerprint density at radius 1 is 1.29 bits per heavy atom. The zero-order valence-electron chi connectivity index (χ0n) is 9.61. The molecule has 1 aromatic rings. The third-order valence-electron chi connectivity index (χ3n) is 4.07. The summed E-state index contributed by atoms with van der Waals surface area (Å²) in [5.41, 5.74) is 0.130. The molecule has 1 aromatic heterocycles. The van der Waals surface area contributed by atoms with Crippen molar-refractivity contribution < 1.29 is 4.79 Å². The van der Waals surface area contributed by atoms with E-state index in [1.54, 1.807) is 12.1 Å². The van der Waals surface area contributed by atoms with Gasteiger partial charge in [-0.2, -0.15) is 0 Å². The predicted octanol–water partition coefficient (Wildman–Crippen LogP) is 1.29. The minimum atomic E-state index is -0.231. The second kappa shape index (κ2) is 4.02. The summed E-state index contributed by atoms with van der Waals surface area (Å²) in [6, 6.07) is 4.97. The van der Waals surface area contributed by atoms with Crippen molar-refractivity contribution in [3.05, 3.63) is 34.2 Å². The summed E-state index contributed by atoms with van der Waals surface area (Å²) in [4.78, 5) is 25.6. The van der Waals surface area contributed by atoms with Crippen LogP contribution in [0.1, 0.15) is 36.2 Å². The molecule has 90 valence electrons. The van der Waals surface area contributed by atoms with E-state index in [1.807, 2.05) is 0 Å². The van der Waals surface area contributed by atoms with Gasteiger partial charge in [0.25, 0.3) is 5.91 Å². The number of carbonyl (C=O) groups excluding carboxylic acids is 1. The highest BCUT2D eigenvalue weighted by Crippen LogP contribution is 2.44. The van der Waals surface area contributed by atoms with Crippen molar-refractivity contribution in [1.82, 2.24) is 10.3 Å². The number of nitrogens with one attached hydrogen (secondary N) is 2. The summed E-state index contributed by atoms with van der Waals surface area (Å²) in [5, 5.41) is 3.04. The molecule has 4 nitrogen and oxygen atoms in total. The molecule has 2 aliphatic carbocycles. The molecule has 2 aliphatic rings. The maximum atomic E-state index is 11.9. The highest BCUT2D eigenvalue weighted by Gasteiger charge is 2.40. The number of aromatic amines is 1. The first kappa shape index (κ1) is 10.6. The summed E-state index contributed by atoms with van der Waals surface area (Å²) in [5.74, 6) is 1.31. The summed E-state index contributed by atoms with van der Waals surface area (Å²) in [6.07, 6.45) is 4.92. The summed E-state index contributed by atoms with van der Waals surface area (Å²) >= 11 is 0. The van der Waals surface area contributed by atoms with E-state index in [1.165, 1.54) is 25.3 Å². The van der Waals surface area contributed by atoms with Gasteiger partial charge in [-0.1, -0.05) is 12.5 Å². The third-order valence-corrected chi connectivity index (χ3v) is 4.07. The molecule has 0 saturated heterocycles. The SMILES string of the molecule is O=C(NC1CC2CCC1C2)c1cccc(=O)[nH]1. The van der Waals surface area contributed by atoms with Gasteiger partial charge in [0.05, 0.1) is 0 Å². The lowest BCUT2D eigenvalue weighted by molar-refractivity contribution is 0.0917. The Kier molecular flexibility index (Phi) is 2.50. The zero-order valence-corrected chi connectivity index (χ0v) is 9.61. The minimum absolute atomic E-state index is 0.153. The van der Waals surface area contributed by atoms with Crippen LogP contribution in [0, 0.1) is 11.8 Å². The fraction of sp³-hybridized carbons (Fsp3) is 0.538. The summed E-state index contributed by atoms with van der Waals surface area (Å²) in [6.45, 7) is 0. The lowest BCUT2D eigenvalue weighted by Gasteiger charge is -2.22. The molecule has 3 atom stereocenters. The van der Waals surface area contributed by atoms with E-state index in [9.17, 15) is 9.59 Å². The molecular formula is C13H16N2O2. The number of hydrogen-bond acceptors (Lipinski definition) is 2. The molecule has 2 N–H and O–H groups in total. The number of rotatable bonds is 2. The standard InChI is InChI=1S/C13H16N2O2/c16-12-3-1-2-10(14-12)13(17)15-11-7-8-4-5-9(11)6-8/h1-3,8-9,11H,4-7H2,(H,14,16)(H,15,17). The summed E-state index contributed by atoms with van der Waals surface area (Å²) < 4.78 is 0. The van der Waals surface area contributed by atoms with Crippen molar-refractivity contribution in [2.24, 2.45) is 11.8 Å². The van der Waals surface area contributed by atoms with Gasteiger partial charge in [0, 0.05) is 12.1 Å². The van der Waals surface area contributed by atoms with Crippen molar-refractivity contribution in [3.63, 3.8) is 0 Å². The molecule has 17 heavy (non-hydrogen) atoms. The van der Waals surface area contributed by atoms with Gasteiger partial charge in [-0.05, 0) is 37.2 Å². The number of hydrogen-bond donors (Lipinski definition) is 2. The zero-order chi connectivity index (χ0) is 11.8. The van der Waals surface area contributed by atoms with Crippen LogP contribution in [-0.4, -0.2) is 16.9 Å². The second-order valence-electron chi connectivity index (χ2n) is 5.18. The second-order valence-corrected chi connectivity index (χ2v) is 5.18. The number of amides is 1. The van der Waals surface area contributed by atoms with Crippen LogP contribution in [0.15, 0.2) is 23.0 Å². The first-order valence-electron chi connectivity index (χ1n) is 6.22. The van der Waals surface area contributed by atoms with E-state index in [-0.39, 0.29) is 11.5 Å². The Balaban J connectivity index is 1.70. The van der Waals surface area contributed by atoms with Gasteiger partial charge >= 0.3 is 0 Å². The number of H-pyrrole nitrogens is 1. The molecule has 2 bridgehead atoms. The summed E-state index contributed by atoms with van der Waals surface area (Å²) in [7, 11) is 0. The molecule has 4 heteroatoms. The van der Waals surface area contributed by atoms with Gasteiger partial charge in [-0.3, -0.25) is 9.59 Å². The van der Waals surface area contributed by atoms with Crippen molar-refractivity contribution in [3.8, 4) is 0 Å². The van der Waals surface area contributed by atoms with Gasteiger partial charge in [-0.15, -0.1) is 0 Å². The first-order chi connectivity index (χ1) is 8.22. The maximum Gasteiger partial charge on any atom is 0.268 e. The topological polar surface area (TPSA) is 62.0 Å². The van der Waals surface area contributed by atoms with E-state index >= 15 is 0 Å². The van der Waals surface area contributed by atoms with E-state index < -0.39 is 0 Å². The lowest BCUT2D eigenvalue weighted by Crippen LogP contribution is -2.39. The quantitative estimate of drug-likeness (QED) is 0.807. The Hall–Kier alpha value is -1.58.